The summed E-state index contributed by atoms with van der Waals surface area (Å²) in [4.78, 5) is 0.824. The summed E-state index contributed by atoms with van der Waals surface area (Å²) in [5.74, 6) is 0.857. The third-order valence-electron chi connectivity index (χ3n) is 3.46. The average molecular weight is 345 g/mol. The van der Waals surface area contributed by atoms with Crippen LogP contribution in [-0.2, 0) is 19.4 Å². The van der Waals surface area contributed by atoms with Gasteiger partial charge < -0.3 is 0 Å². The fraction of sp³-hybridized carbons (Fsp3) is 0.200. The van der Waals surface area contributed by atoms with Crippen LogP contribution >= 0.6 is 22.9 Å². The van der Waals surface area contributed by atoms with Crippen molar-refractivity contribution in [1.29, 1.82) is 0 Å². The highest BCUT2D eigenvalue weighted by Gasteiger charge is 2.12. The Morgan fingerprint density at radius 1 is 1.13 bits per heavy atom. The van der Waals surface area contributed by atoms with Crippen molar-refractivity contribution in [2.45, 2.75) is 19.4 Å². The fourth-order valence-corrected chi connectivity index (χ4v) is 3.35. The van der Waals surface area contributed by atoms with Gasteiger partial charge in [-0.15, -0.1) is 10.2 Å². The van der Waals surface area contributed by atoms with Gasteiger partial charge in [-0.25, -0.2) is 0 Å². The quantitative estimate of drug-likeness (QED) is 0.558. The second-order valence-corrected chi connectivity index (χ2v) is 6.62. The fourth-order valence-electron chi connectivity index (χ4n) is 2.36. The van der Waals surface area contributed by atoms with Gasteiger partial charge in [-0.05, 0) is 5.56 Å². The van der Waals surface area contributed by atoms with Crippen molar-refractivity contribution in [2.75, 3.05) is 0 Å². The highest BCUT2D eigenvalue weighted by atomic mass is 35.5. The number of benzene rings is 1. The molecule has 0 fully saturated rings. The summed E-state index contributed by atoms with van der Waals surface area (Å²) in [7, 11) is 0. The number of rotatable bonds is 5. The molecule has 0 aliphatic rings. The first kappa shape index (κ1) is 14.3. The molecule has 6 nitrogen and oxygen atoms in total. The van der Waals surface area contributed by atoms with Crippen molar-refractivity contribution in [3.8, 4) is 0 Å². The van der Waals surface area contributed by atoms with Crippen molar-refractivity contribution in [3.05, 3.63) is 64.1 Å². The smallest absolute Gasteiger partial charge is 0.234 e. The molecule has 0 radical (unpaired) electrons. The molecule has 0 amide bonds. The van der Waals surface area contributed by atoms with E-state index in [1.165, 1.54) is 5.56 Å². The Morgan fingerprint density at radius 3 is 2.78 bits per heavy atom. The summed E-state index contributed by atoms with van der Waals surface area (Å²) in [6.07, 6.45) is 4.96. The van der Waals surface area contributed by atoms with Crippen molar-refractivity contribution in [3.63, 3.8) is 0 Å². The maximum Gasteiger partial charge on any atom is 0.234 e. The Balaban J connectivity index is 1.52. The van der Waals surface area contributed by atoms with Crippen LogP contribution in [0.2, 0.25) is 5.02 Å². The molecule has 3 aromatic heterocycles. The van der Waals surface area contributed by atoms with E-state index in [0.717, 1.165) is 35.2 Å². The molecule has 0 N–H and O–H groups in total. The molecule has 4 rings (SSSR count). The number of hydrogen-bond donors (Lipinski definition) is 0. The van der Waals surface area contributed by atoms with Gasteiger partial charge in [-0.2, -0.15) is 14.7 Å². The molecule has 0 aliphatic heterocycles. The van der Waals surface area contributed by atoms with Gasteiger partial charge >= 0.3 is 0 Å². The first-order valence-electron chi connectivity index (χ1n) is 7.20. The molecule has 116 valence electrons. The summed E-state index contributed by atoms with van der Waals surface area (Å²) in [6, 6.07) is 10.2. The molecule has 0 bridgehead atoms. The number of hydrogen-bond acceptors (Lipinski definition) is 5. The maximum atomic E-state index is 5.87. The van der Waals surface area contributed by atoms with Crippen molar-refractivity contribution in [1.82, 2.24) is 29.6 Å². The maximum absolute atomic E-state index is 5.87. The third kappa shape index (κ3) is 3.11. The SMILES string of the molecule is Clc1cnn(CCc2nn3c(Cc4ccccc4)nnc3s2)c1. The lowest BCUT2D eigenvalue weighted by Crippen LogP contribution is -2.03. The highest BCUT2D eigenvalue weighted by Crippen LogP contribution is 2.17. The lowest BCUT2D eigenvalue weighted by Gasteiger charge is -1.98. The van der Waals surface area contributed by atoms with Crippen LogP contribution in [0.1, 0.15) is 16.4 Å². The average Bonchev–Trinajstić information content (AvgIpc) is 3.24. The Kier molecular flexibility index (Phi) is 3.80. The Hall–Kier alpha value is -2.25. The standard InChI is InChI=1S/C15H13ClN6S/c16-12-9-17-21(10-12)7-6-14-20-22-13(18-19-15(22)23-14)8-11-4-2-1-3-5-11/h1-5,9-10H,6-8H2. The number of aromatic nitrogens is 6. The van der Waals surface area contributed by atoms with Crippen molar-refractivity contribution >= 4 is 27.9 Å². The van der Waals surface area contributed by atoms with E-state index in [1.54, 1.807) is 17.5 Å². The Morgan fingerprint density at radius 2 is 2.00 bits per heavy atom. The van der Waals surface area contributed by atoms with E-state index in [9.17, 15) is 0 Å². The lowest BCUT2D eigenvalue weighted by atomic mass is 10.1. The molecule has 0 aliphatic carbocycles. The Labute approximate surface area is 141 Å². The van der Waals surface area contributed by atoms with Gasteiger partial charge in [0.05, 0.1) is 11.2 Å². The zero-order chi connectivity index (χ0) is 15.6. The summed E-state index contributed by atoms with van der Waals surface area (Å²) < 4.78 is 3.65. The molecule has 23 heavy (non-hydrogen) atoms. The summed E-state index contributed by atoms with van der Waals surface area (Å²) in [5.41, 5.74) is 1.20. The molecular formula is C15H13ClN6S. The normalized spacial score (nSPS) is 11.3. The molecule has 0 atom stereocenters. The topological polar surface area (TPSA) is 60.9 Å². The molecule has 0 saturated heterocycles. The molecule has 1 aromatic carbocycles. The van der Waals surface area contributed by atoms with Gasteiger partial charge in [0.25, 0.3) is 0 Å². The van der Waals surface area contributed by atoms with Crippen LogP contribution < -0.4 is 0 Å². The summed E-state index contributed by atoms with van der Waals surface area (Å²) in [6.45, 7) is 0.741. The van der Waals surface area contributed by atoms with Gasteiger partial charge in [0.2, 0.25) is 4.96 Å². The number of aryl methyl sites for hydroxylation is 2. The molecule has 0 saturated carbocycles. The van der Waals surface area contributed by atoms with Crippen LogP contribution in [0.5, 0.6) is 0 Å². The molecule has 3 heterocycles. The van der Waals surface area contributed by atoms with Gasteiger partial charge in [-0.1, -0.05) is 53.3 Å². The Bertz CT molecular complexity index is 926. The van der Waals surface area contributed by atoms with Gasteiger partial charge in [-0.3, -0.25) is 4.68 Å². The third-order valence-corrected chi connectivity index (χ3v) is 4.61. The zero-order valence-corrected chi connectivity index (χ0v) is 13.7. The largest absolute Gasteiger partial charge is 0.271 e. The second-order valence-electron chi connectivity index (χ2n) is 5.14. The second kappa shape index (κ2) is 6.10. The number of halogens is 1. The first-order chi connectivity index (χ1) is 11.3. The van der Waals surface area contributed by atoms with Crippen LogP contribution in [0.3, 0.4) is 0 Å². The van der Waals surface area contributed by atoms with Gasteiger partial charge in [0.1, 0.15) is 5.01 Å². The first-order valence-corrected chi connectivity index (χ1v) is 8.39. The van der Waals surface area contributed by atoms with E-state index in [1.807, 2.05) is 33.6 Å². The zero-order valence-electron chi connectivity index (χ0n) is 12.1. The minimum absolute atomic E-state index is 0.647. The monoisotopic (exact) mass is 344 g/mol. The van der Waals surface area contributed by atoms with Crippen LogP contribution in [0, 0.1) is 0 Å². The number of fused-ring (bicyclic) bond motifs is 1. The highest BCUT2D eigenvalue weighted by molar-refractivity contribution is 7.16. The molecular weight excluding hydrogens is 332 g/mol. The molecule has 0 unspecified atom stereocenters. The minimum Gasteiger partial charge on any atom is -0.271 e. The minimum atomic E-state index is 0.647. The predicted octanol–water partition coefficient (Wildman–Crippen LogP) is 2.87. The van der Waals surface area contributed by atoms with E-state index in [2.05, 4.69) is 32.5 Å². The van der Waals surface area contributed by atoms with E-state index < -0.39 is 0 Å². The van der Waals surface area contributed by atoms with E-state index >= 15 is 0 Å². The summed E-state index contributed by atoms with van der Waals surface area (Å²) >= 11 is 7.43. The van der Waals surface area contributed by atoms with E-state index in [4.69, 9.17) is 11.6 Å². The van der Waals surface area contributed by atoms with Crippen LogP contribution in [-0.4, -0.2) is 29.6 Å². The predicted molar refractivity (Wildman–Crippen MR) is 88.8 cm³/mol. The van der Waals surface area contributed by atoms with E-state index in [-0.39, 0.29) is 0 Å². The summed E-state index contributed by atoms with van der Waals surface area (Å²) in [5, 5.41) is 18.9. The van der Waals surface area contributed by atoms with Crippen LogP contribution in [0.4, 0.5) is 0 Å². The number of nitrogens with zero attached hydrogens (tertiary/aromatic N) is 6. The van der Waals surface area contributed by atoms with Crippen molar-refractivity contribution in [2.24, 2.45) is 0 Å². The van der Waals surface area contributed by atoms with Crippen LogP contribution in [0.15, 0.2) is 42.7 Å². The molecule has 8 heteroatoms. The van der Waals surface area contributed by atoms with Crippen molar-refractivity contribution < 1.29 is 0 Å². The van der Waals surface area contributed by atoms with E-state index in [0.29, 0.717) is 5.02 Å². The van der Waals surface area contributed by atoms with Crippen LogP contribution in [0.25, 0.3) is 4.96 Å². The van der Waals surface area contributed by atoms with Gasteiger partial charge in [0.15, 0.2) is 5.82 Å². The molecule has 4 aromatic rings. The lowest BCUT2D eigenvalue weighted by molar-refractivity contribution is 0.608. The van der Waals surface area contributed by atoms with Gasteiger partial charge in [0, 0.05) is 25.6 Å². The molecule has 0 spiro atoms.